The number of nitrogens with two attached hydrogens (primary N) is 1. The van der Waals surface area contributed by atoms with Crippen molar-refractivity contribution >= 4 is 0 Å². The SMILES string of the molecule is NC1CCCC1OCc1ccncc1. The van der Waals surface area contributed by atoms with Crippen molar-refractivity contribution in [1.29, 1.82) is 0 Å². The highest BCUT2D eigenvalue weighted by Gasteiger charge is 2.24. The van der Waals surface area contributed by atoms with Crippen molar-refractivity contribution in [3.63, 3.8) is 0 Å². The Bertz CT molecular complexity index is 276. The summed E-state index contributed by atoms with van der Waals surface area (Å²) >= 11 is 0. The van der Waals surface area contributed by atoms with Gasteiger partial charge in [-0.25, -0.2) is 0 Å². The van der Waals surface area contributed by atoms with Crippen LogP contribution in [0.3, 0.4) is 0 Å². The van der Waals surface area contributed by atoms with E-state index in [0.29, 0.717) is 6.61 Å². The van der Waals surface area contributed by atoms with Crippen LogP contribution >= 0.6 is 0 Å². The summed E-state index contributed by atoms with van der Waals surface area (Å²) in [5.41, 5.74) is 7.07. The Labute approximate surface area is 84.3 Å². The van der Waals surface area contributed by atoms with Gasteiger partial charge in [0.15, 0.2) is 0 Å². The summed E-state index contributed by atoms with van der Waals surface area (Å²) < 4.78 is 5.75. The van der Waals surface area contributed by atoms with Crippen LogP contribution in [0.5, 0.6) is 0 Å². The zero-order valence-corrected chi connectivity index (χ0v) is 8.23. The Morgan fingerprint density at radius 2 is 2.14 bits per heavy atom. The minimum atomic E-state index is 0.233. The van der Waals surface area contributed by atoms with Gasteiger partial charge in [0.05, 0.1) is 12.7 Å². The van der Waals surface area contributed by atoms with Crippen LogP contribution in [0.15, 0.2) is 24.5 Å². The number of pyridine rings is 1. The Morgan fingerprint density at radius 1 is 1.36 bits per heavy atom. The molecular formula is C11H16N2O. The first-order valence-corrected chi connectivity index (χ1v) is 5.12. The topological polar surface area (TPSA) is 48.1 Å². The first-order valence-electron chi connectivity index (χ1n) is 5.12. The molecule has 1 heterocycles. The van der Waals surface area contributed by atoms with Crippen LogP contribution in [0.4, 0.5) is 0 Å². The molecule has 1 aliphatic carbocycles. The van der Waals surface area contributed by atoms with E-state index in [1.807, 2.05) is 12.1 Å². The van der Waals surface area contributed by atoms with Gasteiger partial charge in [0.2, 0.25) is 0 Å². The van der Waals surface area contributed by atoms with Gasteiger partial charge in [-0.05, 0) is 37.0 Å². The second-order valence-electron chi connectivity index (χ2n) is 3.80. The maximum atomic E-state index is 5.91. The van der Waals surface area contributed by atoms with E-state index in [9.17, 15) is 0 Å². The van der Waals surface area contributed by atoms with Crippen LogP contribution in [0, 0.1) is 0 Å². The van der Waals surface area contributed by atoms with Gasteiger partial charge < -0.3 is 10.5 Å². The molecule has 0 aliphatic heterocycles. The van der Waals surface area contributed by atoms with Crippen molar-refractivity contribution in [2.45, 2.75) is 38.0 Å². The van der Waals surface area contributed by atoms with E-state index in [1.165, 1.54) is 12.0 Å². The highest BCUT2D eigenvalue weighted by atomic mass is 16.5. The Hall–Kier alpha value is -0.930. The van der Waals surface area contributed by atoms with Crippen molar-refractivity contribution in [2.24, 2.45) is 5.73 Å². The van der Waals surface area contributed by atoms with Crippen molar-refractivity contribution < 1.29 is 4.74 Å². The van der Waals surface area contributed by atoms with Crippen molar-refractivity contribution in [2.75, 3.05) is 0 Å². The van der Waals surface area contributed by atoms with Crippen LogP contribution in [0.2, 0.25) is 0 Å². The zero-order chi connectivity index (χ0) is 9.80. The van der Waals surface area contributed by atoms with Gasteiger partial charge >= 0.3 is 0 Å². The van der Waals surface area contributed by atoms with E-state index >= 15 is 0 Å². The Kier molecular flexibility index (Phi) is 3.11. The van der Waals surface area contributed by atoms with Crippen LogP contribution in [0.1, 0.15) is 24.8 Å². The fraction of sp³-hybridized carbons (Fsp3) is 0.545. The highest BCUT2D eigenvalue weighted by molar-refractivity contribution is 5.08. The van der Waals surface area contributed by atoms with Gasteiger partial charge in [-0.2, -0.15) is 0 Å². The van der Waals surface area contributed by atoms with Crippen LogP contribution in [-0.2, 0) is 11.3 Å². The average molecular weight is 192 g/mol. The molecule has 2 rings (SSSR count). The Balaban J connectivity index is 1.82. The third-order valence-corrected chi connectivity index (χ3v) is 2.72. The molecule has 0 saturated heterocycles. The fourth-order valence-electron chi connectivity index (χ4n) is 1.84. The molecule has 0 aromatic carbocycles. The van der Waals surface area contributed by atoms with Gasteiger partial charge in [-0.3, -0.25) is 4.98 Å². The standard InChI is InChI=1S/C11H16N2O/c12-10-2-1-3-11(10)14-8-9-4-6-13-7-5-9/h4-7,10-11H,1-3,8,12H2. The normalized spacial score (nSPS) is 26.6. The third-order valence-electron chi connectivity index (χ3n) is 2.72. The lowest BCUT2D eigenvalue weighted by Crippen LogP contribution is -2.31. The fourth-order valence-corrected chi connectivity index (χ4v) is 1.84. The van der Waals surface area contributed by atoms with E-state index < -0.39 is 0 Å². The van der Waals surface area contributed by atoms with E-state index in [0.717, 1.165) is 12.8 Å². The van der Waals surface area contributed by atoms with Gasteiger partial charge in [0.1, 0.15) is 0 Å². The molecular weight excluding hydrogens is 176 g/mol. The molecule has 1 aromatic heterocycles. The summed E-state index contributed by atoms with van der Waals surface area (Å²) in [5.74, 6) is 0. The summed E-state index contributed by atoms with van der Waals surface area (Å²) in [6.07, 6.45) is 7.22. The van der Waals surface area contributed by atoms with Gasteiger partial charge in [-0.15, -0.1) is 0 Å². The minimum absolute atomic E-state index is 0.233. The summed E-state index contributed by atoms with van der Waals surface area (Å²) in [5, 5.41) is 0. The number of rotatable bonds is 3. The predicted octanol–water partition coefficient (Wildman–Crippen LogP) is 1.48. The summed E-state index contributed by atoms with van der Waals surface area (Å²) in [6, 6.07) is 4.18. The quantitative estimate of drug-likeness (QED) is 0.789. The molecule has 0 bridgehead atoms. The minimum Gasteiger partial charge on any atom is -0.372 e. The van der Waals surface area contributed by atoms with Gasteiger partial charge in [0, 0.05) is 18.4 Å². The largest absolute Gasteiger partial charge is 0.372 e. The number of hydrogen-bond acceptors (Lipinski definition) is 3. The molecule has 76 valence electrons. The summed E-state index contributed by atoms with van der Waals surface area (Å²) in [7, 11) is 0. The monoisotopic (exact) mass is 192 g/mol. The van der Waals surface area contributed by atoms with E-state index in [1.54, 1.807) is 12.4 Å². The summed E-state index contributed by atoms with van der Waals surface area (Å²) in [6.45, 7) is 0.654. The number of hydrogen-bond donors (Lipinski definition) is 1. The van der Waals surface area contributed by atoms with E-state index in [4.69, 9.17) is 10.5 Å². The molecule has 3 nitrogen and oxygen atoms in total. The first-order chi connectivity index (χ1) is 6.86. The lowest BCUT2D eigenvalue weighted by atomic mass is 10.2. The molecule has 0 radical (unpaired) electrons. The van der Waals surface area contributed by atoms with Crippen LogP contribution in [-0.4, -0.2) is 17.1 Å². The lowest BCUT2D eigenvalue weighted by Gasteiger charge is -2.16. The van der Waals surface area contributed by atoms with Gasteiger partial charge in [-0.1, -0.05) is 0 Å². The lowest BCUT2D eigenvalue weighted by molar-refractivity contribution is 0.0357. The average Bonchev–Trinajstić information content (AvgIpc) is 2.63. The van der Waals surface area contributed by atoms with Crippen LogP contribution < -0.4 is 5.73 Å². The molecule has 2 unspecified atom stereocenters. The van der Waals surface area contributed by atoms with Gasteiger partial charge in [0.25, 0.3) is 0 Å². The maximum absolute atomic E-state index is 5.91. The van der Waals surface area contributed by atoms with E-state index in [2.05, 4.69) is 4.98 Å². The number of ether oxygens (including phenoxy) is 1. The molecule has 0 spiro atoms. The molecule has 3 heteroatoms. The van der Waals surface area contributed by atoms with Crippen molar-refractivity contribution in [1.82, 2.24) is 4.98 Å². The highest BCUT2D eigenvalue weighted by Crippen LogP contribution is 2.21. The molecule has 1 saturated carbocycles. The molecule has 1 aromatic rings. The zero-order valence-electron chi connectivity index (χ0n) is 8.23. The first kappa shape index (κ1) is 9.62. The number of aromatic nitrogens is 1. The molecule has 1 fully saturated rings. The second-order valence-corrected chi connectivity index (χ2v) is 3.80. The molecule has 0 amide bonds. The van der Waals surface area contributed by atoms with Crippen LogP contribution in [0.25, 0.3) is 0 Å². The third kappa shape index (κ3) is 2.30. The second kappa shape index (κ2) is 4.53. The molecule has 2 atom stereocenters. The molecule has 1 aliphatic rings. The van der Waals surface area contributed by atoms with Crippen molar-refractivity contribution in [3.05, 3.63) is 30.1 Å². The molecule has 2 N–H and O–H groups in total. The number of nitrogens with zero attached hydrogens (tertiary/aromatic N) is 1. The maximum Gasteiger partial charge on any atom is 0.0730 e. The Morgan fingerprint density at radius 3 is 2.79 bits per heavy atom. The predicted molar refractivity (Wildman–Crippen MR) is 54.6 cm³/mol. The van der Waals surface area contributed by atoms with E-state index in [-0.39, 0.29) is 12.1 Å². The van der Waals surface area contributed by atoms with Crippen molar-refractivity contribution in [3.8, 4) is 0 Å². The smallest absolute Gasteiger partial charge is 0.0730 e. The summed E-state index contributed by atoms with van der Waals surface area (Å²) in [4.78, 5) is 3.96. The molecule has 14 heavy (non-hydrogen) atoms.